The predicted molar refractivity (Wildman–Crippen MR) is 55.2 cm³/mol. The number of nitrogens with one attached hydrogen (secondary N) is 1. The molecule has 0 aromatic rings. The molecule has 3 N–H and O–H groups in total. The predicted octanol–water partition coefficient (Wildman–Crippen LogP) is -0.722. The quantitative estimate of drug-likeness (QED) is 0.186. The Morgan fingerprint density at radius 2 is 2.36 bits per heavy atom. The molecule has 0 heterocycles. The Morgan fingerprint density at radius 1 is 1.64 bits per heavy atom. The fourth-order valence-corrected chi connectivity index (χ4v) is 0.466. The minimum atomic E-state index is -0.615. The molecule has 0 saturated carbocycles. The van der Waals surface area contributed by atoms with Crippen LogP contribution < -0.4 is 11.1 Å². The van der Waals surface area contributed by atoms with Crippen molar-refractivity contribution in [3.05, 3.63) is 12.2 Å². The fourth-order valence-electron chi connectivity index (χ4n) is 0.466. The van der Waals surface area contributed by atoms with Gasteiger partial charge in [0.15, 0.2) is 0 Å². The number of hydrogen-bond donors (Lipinski definition) is 2. The highest BCUT2D eigenvalue weighted by atomic mass is 16.5. The molecule has 0 spiro atoms. The average molecular weight is 198 g/mol. The molecule has 0 aromatic heterocycles. The number of nitrogens with zero attached hydrogens (tertiary/aromatic N) is 2. The standard InChI is InChI=1S/C8H14N4O2/c1-7(8(9)13)5-11-12-6-10-3-4-14-2/h5-6H,1,3-4H2,2H3,(H2,9,13)(H,10,12)/b11-5-. The summed E-state index contributed by atoms with van der Waals surface area (Å²) in [7, 11) is 1.60. The normalized spacial score (nSPS) is 10.9. The van der Waals surface area contributed by atoms with E-state index >= 15 is 0 Å². The molecule has 0 bridgehead atoms. The highest BCUT2D eigenvalue weighted by Crippen LogP contribution is 1.81. The molecule has 14 heavy (non-hydrogen) atoms. The Morgan fingerprint density at radius 3 is 2.93 bits per heavy atom. The van der Waals surface area contributed by atoms with E-state index in [1.54, 1.807) is 7.11 Å². The van der Waals surface area contributed by atoms with Crippen LogP contribution in [-0.4, -0.2) is 38.7 Å². The zero-order valence-corrected chi connectivity index (χ0v) is 8.06. The van der Waals surface area contributed by atoms with Crippen LogP contribution in [0.3, 0.4) is 0 Å². The van der Waals surface area contributed by atoms with E-state index in [1.165, 1.54) is 12.6 Å². The number of hydrogen-bond acceptors (Lipinski definition) is 4. The second-order valence-corrected chi connectivity index (χ2v) is 2.33. The number of amides is 1. The summed E-state index contributed by atoms with van der Waals surface area (Å²) in [6.07, 6.45) is 2.58. The smallest absolute Gasteiger partial charge is 0.249 e. The van der Waals surface area contributed by atoms with Crippen molar-refractivity contribution < 1.29 is 9.53 Å². The van der Waals surface area contributed by atoms with Gasteiger partial charge in [-0.05, 0) is 0 Å². The number of carbonyl (C=O) groups is 1. The minimum absolute atomic E-state index is 0.110. The van der Waals surface area contributed by atoms with Gasteiger partial charge in [-0.1, -0.05) is 6.58 Å². The number of ether oxygens (including phenoxy) is 1. The summed E-state index contributed by atoms with van der Waals surface area (Å²) in [6, 6.07) is 0. The summed E-state index contributed by atoms with van der Waals surface area (Å²) < 4.78 is 4.78. The van der Waals surface area contributed by atoms with E-state index in [2.05, 4.69) is 22.1 Å². The van der Waals surface area contributed by atoms with E-state index < -0.39 is 5.91 Å². The summed E-state index contributed by atoms with van der Waals surface area (Å²) >= 11 is 0. The van der Waals surface area contributed by atoms with Crippen molar-refractivity contribution in [2.24, 2.45) is 15.9 Å². The molecule has 1 amide bonds. The van der Waals surface area contributed by atoms with Crippen molar-refractivity contribution in [1.82, 2.24) is 5.32 Å². The van der Waals surface area contributed by atoms with Gasteiger partial charge < -0.3 is 15.8 Å². The maximum Gasteiger partial charge on any atom is 0.249 e. The summed E-state index contributed by atoms with van der Waals surface area (Å²) in [5, 5.41) is 9.92. The van der Waals surface area contributed by atoms with Crippen LogP contribution in [0.5, 0.6) is 0 Å². The van der Waals surface area contributed by atoms with Crippen molar-refractivity contribution in [1.29, 1.82) is 0 Å². The van der Waals surface area contributed by atoms with E-state index in [4.69, 9.17) is 10.5 Å². The summed E-state index contributed by atoms with van der Waals surface area (Å²) in [5.41, 5.74) is 5.01. The van der Waals surface area contributed by atoms with Gasteiger partial charge in [0.2, 0.25) is 5.91 Å². The van der Waals surface area contributed by atoms with Gasteiger partial charge in [-0.25, -0.2) is 0 Å². The largest absolute Gasteiger partial charge is 0.383 e. The Bertz CT molecular complexity index is 248. The first-order valence-corrected chi connectivity index (χ1v) is 3.94. The topological polar surface area (TPSA) is 89.1 Å². The maximum absolute atomic E-state index is 10.5. The zero-order valence-electron chi connectivity index (χ0n) is 8.06. The van der Waals surface area contributed by atoms with Gasteiger partial charge in [-0.15, -0.1) is 5.10 Å². The summed E-state index contributed by atoms with van der Waals surface area (Å²) in [6.45, 7) is 4.60. The molecule has 0 aliphatic rings. The van der Waals surface area contributed by atoms with Crippen molar-refractivity contribution >= 4 is 18.5 Å². The molecule has 0 aliphatic heterocycles. The SMILES string of the molecule is C=C(/C=N\N=C\NCCOC)C(N)=O. The van der Waals surface area contributed by atoms with Crippen molar-refractivity contribution in [2.75, 3.05) is 20.3 Å². The van der Waals surface area contributed by atoms with E-state index in [-0.39, 0.29) is 5.57 Å². The van der Waals surface area contributed by atoms with Gasteiger partial charge in [-0.3, -0.25) is 4.79 Å². The number of methoxy groups -OCH3 is 1. The monoisotopic (exact) mass is 198 g/mol. The molecule has 6 heteroatoms. The molecule has 0 atom stereocenters. The van der Waals surface area contributed by atoms with E-state index in [0.29, 0.717) is 13.2 Å². The van der Waals surface area contributed by atoms with Crippen LogP contribution in [0.1, 0.15) is 0 Å². The van der Waals surface area contributed by atoms with Gasteiger partial charge in [0, 0.05) is 13.7 Å². The van der Waals surface area contributed by atoms with Crippen molar-refractivity contribution in [2.45, 2.75) is 0 Å². The number of rotatable bonds is 7. The van der Waals surface area contributed by atoms with Crippen LogP contribution in [0.2, 0.25) is 0 Å². The average Bonchev–Trinajstić information content (AvgIpc) is 2.16. The fraction of sp³-hybridized carbons (Fsp3) is 0.375. The van der Waals surface area contributed by atoms with Crippen LogP contribution in [0.15, 0.2) is 22.4 Å². The first kappa shape index (κ1) is 12.3. The number of carbonyl (C=O) groups excluding carboxylic acids is 1. The van der Waals surface area contributed by atoms with Gasteiger partial charge in [-0.2, -0.15) is 5.10 Å². The van der Waals surface area contributed by atoms with Crippen LogP contribution in [0.25, 0.3) is 0 Å². The van der Waals surface area contributed by atoms with E-state index in [9.17, 15) is 4.79 Å². The lowest BCUT2D eigenvalue weighted by molar-refractivity contribution is -0.114. The molecule has 0 saturated heterocycles. The van der Waals surface area contributed by atoms with Gasteiger partial charge >= 0.3 is 0 Å². The Labute approximate surface area is 82.5 Å². The molecule has 0 rings (SSSR count). The van der Waals surface area contributed by atoms with Gasteiger partial charge in [0.25, 0.3) is 0 Å². The molecule has 0 aliphatic carbocycles. The third-order valence-electron chi connectivity index (χ3n) is 1.20. The second kappa shape index (κ2) is 7.93. The molecule has 0 unspecified atom stereocenters. The van der Waals surface area contributed by atoms with Gasteiger partial charge in [0.05, 0.1) is 18.4 Å². The van der Waals surface area contributed by atoms with Crippen LogP contribution >= 0.6 is 0 Å². The Balaban J connectivity index is 3.60. The second-order valence-electron chi connectivity index (χ2n) is 2.33. The zero-order chi connectivity index (χ0) is 10.8. The van der Waals surface area contributed by atoms with Crippen LogP contribution in [0.4, 0.5) is 0 Å². The van der Waals surface area contributed by atoms with Crippen LogP contribution in [-0.2, 0) is 9.53 Å². The number of primary amides is 1. The van der Waals surface area contributed by atoms with Crippen molar-refractivity contribution in [3.63, 3.8) is 0 Å². The molecule has 78 valence electrons. The highest BCUT2D eigenvalue weighted by molar-refractivity contribution is 6.10. The molecular formula is C8H14N4O2. The van der Waals surface area contributed by atoms with Gasteiger partial charge in [0.1, 0.15) is 6.34 Å². The first-order chi connectivity index (χ1) is 6.68. The van der Waals surface area contributed by atoms with Crippen LogP contribution in [0, 0.1) is 0 Å². The van der Waals surface area contributed by atoms with E-state index in [1.807, 2.05) is 0 Å². The lowest BCUT2D eigenvalue weighted by Crippen LogP contribution is -2.16. The molecule has 0 radical (unpaired) electrons. The molecular weight excluding hydrogens is 184 g/mol. The Kier molecular flexibility index (Phi) is 6.98. The summed E-state index contributed by atoms with van der Waals surface area (Å²) in [4.78, 5) is 10.5. The molecule has 0 fully saturated rings. The highest BCUT2D eigenvalue weighted by Gasteiger charge is 1.94. The Hall–Kier alpha value is -1.69. The van der Waals surface area contributed by atoms with Crippen molar-refractivity contribution in [3.8, 4) is 0 Å². The van der Waals surface area contributed by atoms with E-state index in [0.717, 1.165) is 0 Å². The lowest BCUT2D eigenvalue weighted by atomic mass is 10.3. The molecule has 0 aromatic carbocycles. The first-order valence-electron chi connectivity index (χ1n) is 3.94. The third kappa shape index (κ3) is 6.99. The molecule has 6 nitrogen and oxygen atoms in total. The minimum Gasteiger partial charge on any atom is -0.383 e. The third-order valence-corrected chi connectivity index (χ3v) is 1.20. The maximum atomic E-state index is 10.5. The number of nitrogens with two attached hydrogens (primary N) is 1. The lowest BCUT2D eigenvalue weighted by Gasteiger charge is -1.95. The summed E-state index contributed by atoms with van der Waals surface area (Å²) in [5.74, 6) is -0.615.